The molecule has 0 saturated carbocycles. The van der Waals surface area contributed by atoms with E-state index in [4.69, 9.17) is 4.74 Å². The first-order valence-corrected chi connectivity index (χ1v) is 12.8. The van der Waals surface area contributed by atoms with Crippen LogP contribution < -0.4 is 20.9 Å². The lowest BCUT2D eigenvalue weighted by atomic mass is 9.99. The number of ether oxygens (including phenoxy) is 1. The first-order chi connectivity index (χ1) is 18.0. The van der Waals surface area contributed by atoms with Gasteiger partial charge in [0.25, 0.3) is 17.7 Å². The van der Waals surface area contributed by atoms with E-state index in [9.17, 15) is 19.6 Å². The molecule has 2 fully saturated rings. The van der Waals surface area contributed by atoms with Gasteiger partial charge < -0.3 is 20.3 Å². The van der Waals surface area contributed by atoms with Gasteiger partial charge in [-0.1, -0.05) is 18.2 Å². The van der Waals surface area contributed by atoms with Gasteiger partial charge in [0.2, 0.25) is 0 Å². The van der Waals surface area contributed by atoms with Crippen LogP contribution in [0.2, 0.25) is 0 Å². The first-order valence-electron chi connectivity index (χ1n) is 12.8. The van der Waals surface area contributed by atoms with Gasteiger partial charge in [0.1, 0.15) is 11.8 Å². The van der Waals surface area contributed by atoms with Crippen molar-refractivity contribution in [1.29, 1.82) is 0 Å². The van der Waals surface area contributed by atoms with E-state index in [1.807, 2.05) is 23.1 Å². The average molecular weight is 510 g/mol. The van der Waals surface area contributed by atoms with Gasteiger partial charge in [0.15, 0.2) is 0 Å². The minimum absolute atomic E-state index is 0.0197. The predicted molar refractivity (Wildman–Crippen MR) is 137 cm³/mol. The summed E-state index contributed by atoms with van der Waals surface area (Å²) in [6.45, 7) is 4.48. The number of amides is 3. The summed E-state index contributed by atoms with van der Waals surface area (Å²) in [6, 6.07) is 15.2. The summed E-state index contributed by atoms with van der Waals surface area (Å²) in [6.07, 6.45) is 2.20. The zero-order chi connectivity index (χ0) is 26.0. The van der Waals surface area contributed by atoms with Crippen molar-refractivity contribution in [2.75, 3.05) is 52.4 Å². The van der Waals surface area contributed by atoms with Crippen molar-refractivity contribution >= 4 is 17.7 Å². The summed E-state index contributed by atoms with van der Waals surface area (Å²) < 4.78 is 5.88. The number of carbonyl (C=O) groups is 3. The second-order valence-electron chi connectivity index (χ2n) is 9.42. The van der Waals surface area contributed by atoms with Gasteiger partial charge in [-0.25, -0.2) is 5.48 Å². The number of benzene rings is 2. The van der Waals surface area contributed by atoms with E-state index in [1.165, 1.54) is 0 Å². The van der Waals surface area contributed by atoms with E-state index in [0.717, 1.165) is 31.7 Å². The molecule has 0 aliphatic carbocycles. The average Bonchev–Trinajstić information content (AvgIpc) is 2.97. The molecule has 2 aromatic rings. The van der Waals surface area contributed by atoms with E-state index in [2.05, 4.69) is 10.6 Å². The minimum atomic E-state index is -0.768. The Kier molecular flexibility index (Phi) is 9.47. The van der Waals surface area contributed by atoms with Crippen LogP contribution in [0.1, 0.15) is 33.6 Å². The van der Waals surface area contributed by atoms with Crippen molar-refractivity contribution in [3.8, 4) is 5.75 Å². The maximum atomic E-state index is 12.7. The summed E-state index contributed by atoms with van der Waals surface area (Å²) in [5.74, 6) is 0.274. The number of piperazine rings is 1. The predicted octanol–water partition coefficient (Wildman–Crippen LogP) is 1.13. The van der Waals surface area contributed by atoms with Crippen molar-refractivity contribution in [2.24, 2.45) is 5.92 Å². The SMILES string of the molecule is O=C(NC[C@H](C(=O)NO)N1CCN(C(=O)c2ccccc2)CC1)c1ccc(OCC2CCNCC2)cc1. The maximum Gasteiger partial charge on any atom is 0.262 e. The standard InChI is InChI=1S/C27H35N5O5/c33-25(21-6-8-23(9-7-21)37-19-20-10-12-28-13-11-20)29-18-24(26(34)30-36)31-14-16-32(17-15-31)27(35)22-4-2-1-3-5-22/h1-9,20,24,28,36H,10-19H2,(H,29,33)(H,30,34)/t24-/m1/s1. The third kappa shape index (κ3) is 7.28. The molecule has 4 rings (SSSR count). The van der Waals surface area contributed by atoms with Crippen molar-refractivity contribution in [1.82, 2.24) is 25.9 Å². The van der Waals surface area contributed by atoms with Crippen molar-refractivity contribution < 1.29 is 24.3 Å². The molecule has 2 aliphatic heterocycles. The molecule has 2 aromatic carbocycles. The Bertz CT molecular complexity index is 1030. The number of rotatable bonds is 9. The van der Waals surface area contributed by atoms with Crippen LogP contribution >= 0.6 is 0 Å². The summed E-state index contributed by atoms with van der Waals surface area (Å²) in [7, 11) is 0. The fraction of sp³-hybridized carbons (Fsp3) is 0.444. The molecular formula is C27H35N5O5. The minimum Gasteiger partial charge on any atom is -0.493 e. The van der Waals surface area contributed by atoms with E-state index in [1.54, 1.807) is 46.8 Å². The van der Waals surface area contributed by atoms with Gasteiger partial charge in [-0.05, 0) is 68.2 Å². The third-order valence-electron chi connectivity index (χ3n) is 6.99. The lowest BCUT2D eigenvalue weighted by molar-refractivity contribution is -0.135. The summed E-state index contributed by atoms with van der Waals surface area (Å²) >= 11 is 0. The van der Waals surface area contributed by atoms with Crippen molar-refractivity contribution in [2.45, 2.75) is 18.9 Å². The molecular weight excluding hydrogens is 474 g/mol. The summed E-state index contributed by atoms with van der Waals surface area (Å²) in [5.41, 5.74) is 2.78. The van der Waals surface area contributed by atoms with Crippen molar-refractivity contribution in [3.63, 3.8) is 0 Å². The smallest absolute Gasteiger partial charge is 0.262 e. The largest absolute Gasteiger partial charge is 0.493 e. The summed E-state index contributed by atoms with van der Waals surface area (Å²) in [5, 5.41) is 15.4. The normalized spacial score (nSPS) is 17.6. The van der Waals surface area contributed by atoms with Crippen LogP contribution in [-0.4, -0.2) is 91.2 Å². The van der Waals surface area contributed by atoms with Crippen LogP contribution in [0.3, 0.4) is 0 Å². The van der Waals surface area contributed by atoms with Crippen LogP contribution in [0.15, 0.2) is 54.6 Å². The Morgan fingerprint density at radius 3 is 2.27 bits per heavy atom. The number of hydrogen-bond acceptors (Lipinski definition) is 7. The molecule has 4 N–H and O–H groups in total. The Morgan fingerprint density at radius 1 is 0.946 bits per heavy atom. The maximum absolute atomic E-state index is 12.7. The Morgan fingerprint density at radius 2 is 1.62 bits per heavy atom. The van der Waals surface area contributed by atoms with Crippen LogP contribution in [0.5, 0.6) is 5.75 Å². The molecule has 1 atom stereocenters. The Hall–Kier alpha value is -3.47. The number of nitrogens with one attached hydrogen (secondary N) is 3. The fourth-order valence-electron chi connectivity index (χ4n) is 4.72. The van der Waals surface area contributed by atoms with Crippen LogP contribution in [0.25, 0.3) is 0 Å². The molecule has 0 bridgehead atoms. The van der Waals surface area contributed by atoms with Gasteiger partial charge in [-0.2, -0.15) is 0 Å². The van der Waals surface area contributed by atoms with Crippen LogP contribution in [-0.2, 0) is 4.79 Å². The molecule has 2 saturated heterocycles. The van der Waals surface area contributed by atoms with Gasteiger partial charge >= 0.3 is 0 Å². The summed E-state index contributed by atoms with van der Waals surface area (Å²) in [4.78, 5) is 41.4. The molecule has 0 radical (unpaired) electrons. The lowest BCUT2D eigenvalue weighted by Crippen LogP contribution is -2.58. The van der Waals surface area contributed by atoms with Gasteiger partial charge in [0.05, 0.1) is 6.61 Å². The molecule has 10 heteroatoms. The Labute approximate surface area is 216 Å². The highest BCUT2D eigenvalue weighted by molar-refractivity contribution is 5.95. The highest BCUT2D eigenvalue weighted by Gasteiger charge is 2.31. The molecule has 2 heterocycles. The second-order valence-corrected chi connectivity index (χ2v) is 9.42. The lowest BCUT2D eigenvalue weighted by Gasteiger charge is -2.38. The zero-order valence-corrected chi connectivity index (χ0v) is 20.9. The van der Waals surface area contributed by atoms with E-state index in [0.29, 0.717) is 49.8 Å². The number of hydroxylamine groups is 1. The first kappa shape index (κ1) is 26.6. The van der Waals surface area contributed by atoms with E-state index >= 15 is 0 Å². The molecule has 0 aromatic heterocycles. The fourth-order valence-corrected chi connectivity index (χ4v) is 4.72. The van der Waals surface area contributed by atoms with Gasteiger partial charge in [-0.15, -0.1) is 0 Å². The molecule has 2 aliphatic rings. The molecule has 3 amide bonds. The number of piperidine rings is 1. The highest BCUT2D eigenvalue weighted by atomic mass is 16.5. The number of hydrogen-bond donors (Lipinski definition) is 4. The van der Waals surface area contributed by atoms with Crippen LogP contribution in [0.4, 0.5) is 0 Å². The molecule has 0 unspecified atom stereocenters. The van der Waals surface area contributed by atoms with Crippen LogP contribution in [0, 0.1) is 5.92 Å². The van der Waals surface area contributed by atoms with E-state index < -0.39 is 11.9 Å². The van der Waals surface area contributed by atoms with E-state index in [-0.39, 0.29) is 18.4 Å². The zero-order valence-electron chi connectivity index (χ0n) is 20.9. The number of nitrogens with zero attached hydrogens (tertiary/aromatic N) is 2. The molecule has 10 nitrogen and oxygen atoms in total. The second kappa shape index (κ2) is 13.2. The Balaban J connectivity index is 1.27. The van der Waals surface area contributed by atoms with Gasteiger partial charge in [-0.3, -0.25) is 24.5 Å². The van der Waals surface area contributed by atoms with Gasteiger partial charge in [0, 0.05) is 43.9 Å². The topological polar surface area (TPSA) is 123 Å². The monoisotopic (exact) mass is 509 g/mol. The quantitative estimate of drug-likeness (QED) is 0.295. The number of carbonyl (C=O) groups excluding carboxylic acids is 3. The third-order valence-corrected chi connectivity index (χ3v) is 6.99. The molecule has 0 spiro atoms. The highest BCUT2D eigenvalue weighted by Crippen LogP contribution is 2.17. The molecule has 37 heavy (non-hydrogen) atoms. The van der Waals surface area contributed by atoms with Crippen molar-refractivity contribution in [3.05, 3.63) is 65.7 Å². The molecule has 198 valence electrons.